The normalized spacial score (nSPS) is 25.7. The van der Waals surface area contributed by atoms with Crippen molar-refractivity contribution >= 4 is 6.09 Å². The van der Waals surface area contributed by atoms with Gasteiger partial charge in [-0.2, -0.15) is 0 Å². The van der Waals surface area contributed by atoms with E-state index in [-0.39, 0.29) is 18.1 Å². The van der Waals surface area contributed by atoms with E-state index >= 15 is 0 Å². The second-order valence-electron chi connectivity index (χ2n) is 6.35. The maximum absolute atomic E-state index is 13.7. The minimum absolute atomic E-state index is 0.0974. The molecule has 1 aliphatic carbocycles. The van der Waals surface area contributed by atoms with Crippen molar-refractivity contribution in [3.8, 4) is 0 Å². The standard InChI is InChI=1S/C14H27FN2O2/c1-14(2,3)19-13(18)17-11-6-4-10(5-7-11)12(15)8-9-16/h10-12H,4-9,16H2,1-3H3,(H,17,18). The summed E-state index contributed by atoms with van der Waals surface area (Å²) < 4.78 is 18.9. The molecule has 1 amide bonds. The largest absolute Gasteiger partial charge is 0.444 e. The first-order chi connectivity index (χ1) is 8.81. The van der Waals surface area contributed by atoms with Crippen LogP contribution >= 0.6 is 0 Å². The Morgan fingerprint density at radius 1 is 1.37 bits per heavy atom. The number of rotatable bonds is 4. The second kappa shape index (κ2) is 7.08. The first kappa shape index (κ1) is 16.2. The van der Waals surface area contributed by atoms with Gasteiger partial charge in [-0.1, -0.05) is 0 Å². The van der Waals surface area contributed by atoms with Crippen LogP contribution in [0.25, 0.3) is 0 Å². The molecule has 3 N–H and O–H groups in total. The van der Waals surface area contributed by atoms with Crippen molar-refractivity contribution in [2.75, 3.05) is 6.54 Å². The number of nitrogens with two attached hydrogens (primary N) is 1. The Morgan fingerprint density at radius 2 is 1.95 bits per heavy atom. The quantitative estimate of drug-likeness (QED) is 0.828. The van der Waals surface area contributed by atoms with Crippen LogP contribution in [0.1, 0.15) is 52.9 Å². The Morgan fingerprint density at radius 3 is 2.42 bits per heavy atom. The summed E-state index contributed by atoms with van der Waals surface area (Å²) in [5, 5.41) is 2.86. The second-order valence-corrected chi connectivity index (χ2v) is 6.35. The van der Waals surface area contributed by atoms with Gasteiger partial charge in [0.25, 0.3) is 0 Å². The summed E-state index contributed by atoms with van der Waals surface area (Å²) in [5.74, 6) is 0.0974. The third-order valence-electron chi connectivity index (χ3n) is 3.45. The number of ether oxygens (including phenoxy) is 1. The lowest BCUT2D eigenvalue weighted by molar-refractivity contribution is 0.0478. The van der Waals surface area contributed by atoms with Gasteiger partial charge in [0, 0.05) is 6.04 Å². The van der Waals surface area contributed by atoms with Crippen LogP contribution in [0.2, 0.25) is 0 Å². The zero-order valence-corrected chi connectivity index (χ0v) is 12.2. The van der Waals surface area contributed by atoms with Gasteiger partial charge in [0.15, 0.2) is 0 Å². The molecule has 1 aliphatic rings. The minimum atomic E-state index is -0.799. The number of halogens is 1. The number of alkyl halides is 1. The Hall–Kier alpha value is -0.840. The third-order valence-corrected chi connectivity index (χ3v) is 3.45. The molecule has 5 heteroatoms. The van der Waals surface area contributed by atoms with E-state index in [9.17, 15) is 9.18 Å². The molecule has 0 saturated heterocycles. The van der Waals surface area contributed by atoms with Gasteiger partial charge in [-0.25, -0.2) is 9.18 Å². The van der Waals surface area contributed by atoms with E-state index in [1.54, 1.807) is 0 Å². The van der Waals surface area contributed by atoms with E-state index in [0.717, 1.165) is 25.7 Å². The Bertz CT molecular complexity index is 284. The SMILES string of the molecule is CC(C)(C)OC(=O)NC1CCC(C(F)CCN)CC1. The average Bonchev–Trinajstić information content (AvgIpc) is 2.27. The molecule has 0 aliphatic heterocycles. The topological polar surface area (TPSA) is 64.3 Å². The molecule has 1 unspecified atom stereocenters. The molecule has 1 fully saturated rings. The van der Waals surface area contributed by atoms with Crippen molar-refractivity contribution in [2.45, 2.75) is 70.7 Å². The highest BCUT2D eigenvalue weighted by molar-refractivity contribution is 5.68. The lowest BCUT2D eigenvalue weighted by Crippen LogP contribution is -2.41. The summed E-state index contributed by atoms with van der Waals surface area (Å²) in [4.78, 5) is 11.6. The van der Waals surface area contributed by atoms with Crippen molar-refractivity contribution < 1.29 is 13.9 Å². The van der Waals surface area contributed by atoms with Crippen molar-refractivity contribution in [3.05, 3.63) is 0 Å². The summed E-state index contributed by atoms with van der Waals surface area (Å²) in [7, 11) is 0. The smallest absolute Gasteiger partial charge is 0.407 e. The number of carbonyl (C=O) groups excluding carboxylic acids is 1. The third kappa shape index (κ3) is 6.23. The van der Waals surface area contributed by atoms with Gasteiger partial charge in [-0.3, -0.25) is 0 Å². The molecule has 0 aromatic carbocycles. The van der Waals surface area contributed by atoms with Gasteiger partial charge >= 0.3 is 6.09 Å². The monoisotopic (exact) mass is 274 g/mol. The van der Waals surface area contributed by atoms with Crippen LogP contribution in [0.15, 0.2) is 0 Å². The Labute approximate surface area is 115 Å². The zero-order valence-electron chi connectivity index (χ0n) is 12.2. The summed E-state index contributed by atoms with van der Waals surface area (Å²) in [6.45, 7) is 5.91. The number of alkyl carbamates (subject to hydrolysis) is 1. The highest BCUT2D eigenvalue weighted by Crippen LogP contribution is 2.29. The van der Waals surface area contributed by atoms with Gasteiger partial charge in [0.1, 0.15) is 11.8 Å². The van der Waals surface area contributed by atoms with Crippen molar-refractivity contribution in [1.29, 1.82) is 0 Å². The van der Waals surface area contributed by atoms with E-state index in [1.807, 2.05) is 20.8 Å². The van der Waals surface area contributed by atoms with Crippen molar-refractivity contribution in [2.24, 2.45) is 11.7 Å². The Balaban J connectivity index is 2.28. The summed E-state index contributed by atoms with van der Waals surface area (Å²) in [6, 6.07) is 0.108. The molecular formula is C14H27FN2O2. The van der Waals surface area contributed by atoms with E-state index in [4.69, 9.17) is 10.5 Å². The molecule has 0 heterocycles. The highest BCUT2D eigenvalue weighted by Gasteiger charge is 2.28. The summed E-state index contributed by atoms with van der Waals surface area (Å²) >= 11 is 0. The van der Waals surface area contributed by atoms with Gasteiger partial charge < -0.3 is 15.8 Å². The van der Waals surface area contributed by atoms with E-state index in [0.29, 0.717) is 13.0 Å². The predicted molar refractivity (Wildman–Crippen MR) is 73.7 cm³/mol. The first-order valence-electron chi connectivity index (χ1n) is 7.15. The molecule has 4 nitrogen and oxygen atoms in total. The van der Waals surface area contributed by atoms with Crippen molar-refractivity contribution in [1.82, 2.24) is 5.32 Å². The molecule has 0 radical (unpaired) electrons. The van der Waals surface area contributed by atoms with Crippen LogP contribution in [0, 0.1) is 5.92 Å². The van der Waals surface area contributed by atoms with Crippen LogP contribution < -0.4 is 11.1 Å². The van der Waals surface area contributed by atoms with Crippen LogP contribution in [-0.4, -0.2) is 30.5 Å². The maximum Gasteiger partial charge on any atom is 0.407 e. The lowest BCUT2D eigenvalue weighted by atomic mass is 9.82. The molecule has 1 rings (SSSR count). The molecule has 19 heavy (non-hydrogen) atoms. The molecule has 112 valence electrons. The minimum Gasteiger partial charge on any atom is -0.444 e. The van der Waals surface area contributed by atoms with Gasteiger partial charge in [-0.05, 0) is 65.3 Å². The average molecular weight is 274 g/mol. The molecular weight excluding hydrogens is 247 g/mol. The summed E-state index contributed by atoms with van der Waals surface area (Å²) in [5.41, 5.74) is 4.89. The van der Waals surface area contributed by atoms with E-state index in [2.05, 4.69) is 5.32 Å². The number of amides is 1. The van der Waals surface area contributed by atoms with Gasteiger partial charge in [0.2, 0.25) is 0 Å². The first-order valence-corrected chi connectivity index (χ1v) is 7.15. The van der Waals surface area contributed by atoms with Crippen molar-refractivity contribution in [3.63, 3.8) is 0 Å². The fourth-order valence-electron chi connectivity index (χ4n) is 2.49. The van der Waals surface area contributed by atoms with Crippen LogP contribution in [0.3, 0.4) is 0 Å². The predicted octanol–water partition coefficient (Wildman–Crippen LogP) is 2.76. The molecule has 0 aromatic rings. The van der Waals surface area contributed by atoms with E-state index < -0.39 is 11.8 Å². The highest BCUT2D eigenvalue weighted by atomic mass is 19.1. The zero-order chi connectivity index (χ0) is 14.5. The number of carbonyl (C=O) groups is 1. The van der Waals surface area contributed by atoms with Crippen LogP contribution in [-0.2, 0) is 4.74 Å². The van der Waals surface area contributed by atoms with Crippen LogP contribution in [0.4, 0.5) is 9.18 Å². The lowest BCUT2D eigenvalue weighted by Gasteiger charge is -2.31. The molecule has 0 aromatic heterocycles. The van der Waals surface area contributed by atoms with E-state index in [1.165, 1.54) is 0 Å². The molecule has 1 saturated carbocycles. The van der Waals surface area contributed by atoms with Crippen LogP contribution in [0.5, 0.6) is 0 Å². The van der Waals surface area contributed by atoms with Gasteiger partial charge in [-0.15, -0.1) is 0 Å². The number of nitrogens with one attached hydrogen (secondary N) is 1. The molecule has 1 atom stereocenters. The molecule has 0 spiro atoms. The maximum atomic E-state index is 13.7. The fourth-order valence-corrected chi connectivity index (χ4v) is 2.49. The fraction of sp³-hybridized carbons (Fsp3) is 0.929. The summed E-state index contributed by atoms with van der Waals surface area (Å²) in [6.07, 6.45) is 2.50. The number of hydrogen-bond acceptors (Lipinski definition) is 3. The molecule has 0 bridgehead atoms. The van der Waals surface area contributed by atoms with Gasteiger partial charge in [0.05, 0.1) is 0 Å². The Kier molecular flexibility index (Phi) is 6.04. The number of hydrogen-bond donors (Lipinski definition) is 2.